The summed E-state index contributed by atoms with van der Waals surface area (Å²) in [4.78, 5) is 21.7. The number of carbonyl (C=O) groups is 1. The number of amides is 1. The van der Waals surface area contributed by atoms with Crippen LogP contribution in [0.15, 0.2) is 53.1 Å². The van der Waals surface area contributed by atoms with Gasteiger partial charge in [0.2, 0.25) is 5.91 Å². The maximum atomic E-state index is 12.6. The first-order chi connectivity index (χ1) is 15.5. The Hall–Kier alpha value is -2.54. The molecule has 168 valence electrons. The molecule has 0 bridgehead atoms. The molecule has 1 aliphatic rings. The number of benzene rings is 2. The van der Waals surface area contributed by atoms with Gasteiger partial charge in [-0.05, 0) is 36.9 Å². The first kappa shape index (κ1) is 22.6. The molecule has 8 heteroatoms. The number of oxazole rings is 1. The molecular formula is C24H26Cl2N4O2. The maximum Gasteiger partial charge on any atom is 0.224 e. The zero-order chi connectivity index (χ0) is 22.5. The van der Waals surface area contributed by atoms with Gasteiger partial charge >= 0.3 is 0 Å². The molecule has 0 radical (unpaired) electrons. The van der Waals surface area contributed by atoms with Gasteiger partial charge in [-0.1, -0.05) is 42.3 Å². The Labute approximate surface area is 198 Å². The second-order valence-electron chi connectivity index (χ2n) is 7.73. The number of nitrogens with one attached hydrogen (secondary N) is 1. The van der Waals surface area contributed by atoms with E-state index in [1.807, 2.05) is 18.2 Å². The second-order valence-corrected chi connectivity index (χ2v) is 8.57. The van der Waals surface area contributed by atoms with E-state index in [0.29, 0.717) is 28.1 Å². The standard InChI is InChI=1S/C24H26Cl2N4O2/c1-2-29-11-13-30(14-12-29)21-6-4-3-5-20(21)28-23(31)9-10-24-27-16-22(32-24)18-8-7-17(25)15-19(18)26/h3-8,15-16H,2,9-14H2,1H3,(H,28,31). The van der Waals surface area contributed by atoms with Crippen molar-refractivity contribution in [2.24, 2.45) is 0 Å². The zero-order valence-corrected chi connectivity index (χ0v) is 19.5. The average Bonchev–Trinajstić information content (AvgIpc) is 3.27. The number of aryl methyl sites for hydroxylation is 1. The highest BCUT2D eigenvalue weighted by Gasteiger charge is 2.19. The van der Waals surface area contributed by atoms with Crippen molar-refractivity contribution in [3.05, 3.63) is 64.6 Å². The zero-order valence-electron chi connectivity index (χ0n) is 18.0. The van der Waals surface area contributed by atoms with Crippen LogP contribution in [0.3, 0.4) is 0 Å². The average molecular weight is 473 g/mol. The summed E-state index contributed by atoms with van der Waals surface area (Å²) < 4.78 is 5.80. The summed E-state index contributed by atoms with van der Waals surface area (Å²) in [7, 11) is 0. The molecule has 2 aromatic carbocycles. The minimum absolute atomic E-state index is 0.0751. The molecule has 2 heterocycles. The highest BCUT2D eigenvalue weighted by Crippen LogP contribution is 2.31. The lowest BCUT2D eigenvalue weighted by Crippen LogP contribution is -2.46. The van der Waals surface area contributed by atoms with Crippen LogP contribution in [0.1, 0.15) is 19.2 Å². The van der Waals surface area contributed by atoms with Crippen molar-refractivity contribution in [2.75, 3.05) is 42.9 Å². The van der Waals surface area contributed by atoms with E-state index in [2.05, 4.69) is 33.1 Å². The molecule has 4 rings (SSSR count). The smallest absolute Gasteiger partial charge is 0.224 e. The van der Waals surface area contributed by atoms with Crippen molar-refractivity contribution < 1.29 is 9.21 Å². The third-order valence-electron chi connectivity index (χ3n) is 5.65. The van der Waals surface area contributed by atoms with Crippen molar-refractivity contribution in [1.82, 2.24) is 9.88 Å². The summed E-state index contributed by atoms with van der Waals surface area (Å²) >= 11 is 12.2. The van der Waals surface area contributed by atoms with E-state index < -0.39 is 0 Å². The lowest BCUT2D eigenvalue weighted by molar-refractivity contribution is -0.116. The van der Waals surface area contributed by atoms with Gasteiger partial charge in [-0.2, -0.15) is 0 Å². The number of carbonyl (C=O) groups excluding carboxylic acids is 1. The number of likely N-dealkylation sites (N-methyl/N-ethyl adjacent to an activating group) is 1. The normalized spacial score (nSPS) is 14.5. The summed E-state index contributed by atoms with van der Waals surface area (Å²) in [5.41, 5.74) is 2.62. The summed E-state index contributed by atoms with van der Waals surface area (Å²) in [6, 6.07) is 13.2. The van der Waals surface area contributed by atoms with Crippen molar-refractivity contribution in [3.8, 4) is 11.3 Å². The van der Waals surface area contributed by atoms with Gasteiger partial charge < -0.3 is 19.5 Å². The minimum Gasteiger partial charge on any atom is -0.441 e. The Kier molecular flexibility index (Phi) is 7.35. The molecule has 1 aliphatic heterocycles. The molecule has 1 aromatic heterocycles. The lowest BCUT2D eigenvalue weighted by Gasteiger charge is -2.36. The van der Waals surface area contributed by atoms with Gasteiger partial charge in [0.1, 0.15) is 0 Å². The van der Waals surface area contributed by atoms with E-state index in [-0.39, 0.29) is 12.3 Å². The second kappa shape index (κ2) is 10.4. The van der Waals surface area contributed by atoms with Crippen LogP contribution in [0.4, 0.5) is 11.4 Å². The molecule has 6 nitrogen and oxygen atoms in total. The van der Waals surface area contributed by atoms with Crippen LogP contribution in [-0.2, 0) is 11.2 Å². The first-order valence-corrected chi connectivity index (χ1v) is 11.6. The molecule has 0 saturated carbocycles. The number of rotatable bonds is 7. The van der Waals surface area contributed by atoms with Gasteiger partial charge in [0, 0.05) is 49.6 Å². The molecule has 32 heavy (non-hydrogen) atoms. The highest BCUT2D eigenvalue weighted by atomic mass is 35.5. The number of nitrogens with zero attached hydrogens (tertiary/aromatic N) is 3. The van der Waals surface area contributed by atoms with Crippen LogP contribution in [0, 0.1) is 0 Å². The van der Waals surface area contributed by atoms with Crippen molar-refractivity contribution in [2.45, 2.75) is 19.8 Å². The fourth-order valence-electron chi connectivity index (χ4n) is 3.83. The molecule has 0 atom stereocenters. The van der Waals surface area contributed by atoms with Crippen molar-refractivity contribution in [1.29, 1.82) is 0 Å². The minimum atomic E-state index is -0.0751. The molecule has 0 unspecified atom stereocenters. The molecule has 1 fully saturated rings. The predicted octanol–water partition coefficient (Wildman–Crippen LogP) is 5.36. The van der Waals surface area contributed by atoms with Gasteiger partial charge in [-0.3, -0.25) is 4.79 Å². The van der Waals surface area contributed by atoms with Gasteiger partial charge in [0.15, 0.2) is 11.7 Å². The summed E-state index contributed by atoms with van der Waals surface area (Å²) in [6.07, 6.45) is 2.29. The quantitative estimate of drug-likeness (QED) is 0.501. The highest BCUT2D eigenvalue weighted by molar-refractivity contribution is 6.36. The maximum absolute atomic E-state index is 12.6. The van der Waals surface area contributed by atoms with E-state index in [1.165, 1.54) is 0 Å². The van der Waals surface area contributed by atoms with Crippen LogP contribution in [0.5, 0.6) is 0 Å². The van der Waals surface area contributed by atoms with Crippen LogP contribution >= 0.6 is 23.2 Å². The number of piperazine rings is 1. The predicted molar refractivity (Wildman–Crippen MR) is 130 cm³/mol. The van der Waals surface area contributed by atoms with E-state index in [4.69, 9.17) is 27.6 Å². The Morgan fingerprint density at radius 3 is 2.66 bits per heavy atom. The Morgan fingerprint density at radius 1 is 1.12 bits per heavy atom. The van der Waals surface area contributed by atoms with Crippen LogP contribution in [0.2, 0.25) is 10.0 Å². The van der Waals surface area contributed by atoms with Gasteiger partial charge in [-0.15, -0.1) is 0 Å². The van der Waals surface area contributed by atoms with Crippen molar-refractivity contribution >= 4 is 40.5 Å². The van der Waals surface area contributed by atoms with Crippen LogP contribution in [-0.4, -0.2) is 48.5 Å². The van der Waals surface area contributed by atoms with E-state index in [9.17, 15) is 4.79 Å². The third kappa shape index (κ3) is 5.44. The lowest BCUT2D eigenvalue weighted by atomic mass is 10.2. The fourth-order valence-corrected chi connectivity index (χ4v) is 4.33. The van der Waals surface area contributed by atoms with Crippen LogP contribution in [0.25, 0.3) is 11.3 Å². The third-order valence-corrected chi connectivity index (χ3v) is 6.20. The number of hydrogen-bond acceptors (Lipinski definition) is 5. The number of anilines is 2. The van der Waals surface area contributed by atoms with Gasteiger partial charge in [-0.25, -0.2) is 4.98 Å². The van der Waals surface area contributed by atoms with Crippen molar-refractivity contribution in [3.63, 3.8) is 0 Å². The Bertz CT molecular complexity index is 1080. The number of aromatic nitrogens is 1. The number of para-hydroxylation sites is 2. The first-order valence-electron chi connectivity index (χ1n) is 10.8. The van der Waals surface area contributed by atoms with E-state index in [0.717, 1.165) is 49.7 Å². The fraction of sp³-hybridized carbons (Fsp3) is 0.333. The molecule has 1 N–H and O–H groups in total. The molecule has 1 amide bonds. The van der Waals surface area contributed by atoms with Gasteiger partial charge in [0.05, 0.1) is 22.6 Å². The van der Waals surface area contributed by atoms with E-state index >= 15 is 0 Å². The SMILES string of the molecule is CCN1CCN(c2ccccc2NC(=O)CCc2ncc(-c3ccc(Cl)cc3Cl)o2)CC1. The number of hydrogen-bond donors (Lipinski definition) is 1. The summed E-state index contributed by atoms with van der Waals surface area (Å²) in [5.74, 6) is 0.970. The monoisotopic (exact) mass is 472 g/mol. The molecule has 1 saturated heterocycles. The Balaban J connectivity index is 1.36. The Morgan fingerprint density at radius 2 is 1.91 bits per heavy atom. The molecular weight excluding hydrogens is 447 g/mol. The molecule has 3 aromatic rings. The summed E-state index contributed by atoms with van der Waals surface area (Å²) in [5, 5.41) is 4.11. The summed E-state index contributed by atoms with van der Waals surface area (Å²) in [6.45, 7) is 7.22. The van der Waals surface area contributed by atoms with E-state index in [1.54, 1.807) is 24.4 Å². The largest absolute Gasteiger partial charge is 0.441 e. The molecule has 0 aliphatic carbocycles. The van der Waals surface area contributed by atoms with Crippen LogP contribution < -0.4 is 10.2 Å². The number of halogens is 2. The van der Waals surface area contributed by atoms with Gasteiger partial charge in [0.25, 0.3) is 0 Å². The topological polar surface area (TPSA) is 61.6 Å². The molecule has 0 spiro atoms.